The Hall–Kier alpha value is -1.62. The minimum atomic E-state index is 0.505. The average Bonchev–Trinajstić information content (AvgIpc) is 3.06. The first-order chi connectivity index (χ1) is 9.31. The lowest BCUT2D eigenvalue weighted by Crippen LogP contribution is -2.04. The van der Waals surface area contributed by atoms with Crippen molar-refractivity contribution < 1.29 is 4.42 Å². The molecule has 0 radical (unpaired) electrons. The molecule has 5 heteroatoms. The second-order valence-electron chi connectivity index (χ2n) is 4.89. The molecule has 2 aromatic heterocycles. The van der Waals surface area contributed by atoms with Gasteiger partial charge < -0.3 is 10.2 Å². The Bertz CT molecular complexity index is 567. The Kier molecular flexibility index (Phi) is 3.64. The molecule has 4 nitrogen and oxygen atoms in total. The Morgan fingerprint density at radius 3 is 2.68 bits per heavy atom. The number of thiazole rings is 1. The molecule has 1 aliphatic carbocycles. The molecular formula is C14H17N3OS. The van der Waals surface area contributed by atoms with E-state index in [0.717, 1.165) is 17.3 Å². The molecule has 1 aliphatic rings. The van der Waals surface area contributed by atoms with E-state index in [-0.39, 0.29) is 0 Å². The molecule has 1 fully saturated rings. The van der Waals surface area contributed by atoms with Gasteiger partial charge in [0.1, 0.15) is 12.0 Å². The minimum Gasteiger partial charge on any atom is -0.448 e. The Labute approximate surface area is 116 Å². The summed E-state index contributed by atoms with van der Waals surface area (Å²) in [6.07, 6.45) is 11.9. The molecule has 0 aliphatic heterocycles. The zero-order chi connectivity index (χ0) is 13.1. The molecular weight excluding hydrogens is 258 g/mol. The van der Waals surface area contributed by atoms with Gasteiger partial charge in [0, 0.05) is 11.3 Å². The van der Waals surface area contributed by atoms with Crippen molar-refractivity contribution in [3.05, 3.63) is 28.9 Å². The van der Waals surface area contributed by atoms with Crippen LogP contribution in [0.5, 0.6) is 0 Å². The van der Waals surface area contributed by atoms with Gasteiger partial charge >= 0.3 is 0 Å². The number of oxazole rings is 1. The summed E-state index contributed by atoms with van der Waals surface area (Å²) in [5.41, 5.74) is 7.31. The third-order valence-electron chi connectivity index (χ3n) is 3.46. The van der Waals surface area contributed by atoms with Gasteiger partial charge in [0.25, 0.3) is 0 Å². The molecule has 3 rings (SSSR count). The number of nitrogens with two attached hydrogens (primary N) is 1. The predicted octanol–water partition coefficient (Wildman–Crippen LogP) is 3.93. The number of nitrogens with zero attached hydrogens (tertiary/aromatic N) is 2. The highest BCUT2D eigenvalue weighted by molar-refractivity contribution is 7.13. The third-order valence-corrected chi connectivity index (χ3v) is 4.15. The van der Waals surface area contributed by atoms with Crippen LogP contribution in [0.3, 0.4) is 0 Å². The standard InChI is InChI=1S/C14H17N3OS/c15-14-17-12(9-19-14)7-6-11-8-18-13(16-11)10-4-2-1-3-5-10/h6-10H,1-5H2,(H2,15,17). The first-order valence-electron chi connectivity index (χ1n) is 6.66. The van der Waals surface area contributed by atoms with Crippen LogP contribution in [0.25, 0.3) is 12.2 Å². The van der Waals surface area contributed by atoms with E-state index in [1.807, 2.05) is 17.5 Å². The van der Waals surface area contributed by atoms with Crippen molar-refractivity contribution in [3.8, 4) is 0 Å². The average molecular weight is 275 g/mol. The predicted molar refractivity (Wildman–Crippen MR) is 77.8 cm³/mol. The number of rotatable bonds is 3. The number of aromatic nitrogens is 2. The van der Waals surface area contributed by atoms with E-state index in [2.05, 4.69) is 9.97 Å². The first kappa shape index (κ1) is 12.4. The topological polar surface area (TPSA) is 64.9 Å². The maximum atomic E-state index is 5.59. The number of hydrogen-bond donors (Lipinski definition) is 1. The highest BCUT2D eigenvalue weighted by Crippen LogP contribution is 2.32. The van der Waals surface area contributed by atoms with Gasteiger partial charge in [-0.25, -0.2) is 9.97 Å². The van der Waals surface area contributed by atoms with Crippen LogP contribution in [0.1, 0.15) is 55.3 Å². The molecule has 0 amide bonds. The minimum absolute atomic E-state index is 0.505. The maximum Gasteiger partial charge on any atom is 0.197 e. The van der Waals surface area contributed by atoms with Crippen molar-refractivity contribution >= 4 is 28.6 Å². The van der Waals surface area contributed by atoms with Crippen molar-refractivity contribution in [1.29, 1.82) is 0 Å². The smallest absolute Gasteiger partial charge is 0.197 e. The molecule has 0 atom stereocenters. The number of anilines is 1. The Balaban J connectivity index is 1.69. The van der Waals surface area contributed by atoms with Crippen molar-refractivity contribution in [1.82, 2.24) is 9.97 Å². The summed E-state index contributed by atoms with van der Waals surface area (Å²) in [6, 6.07) is 0. The molecule has 0 aromatic carbocycles. The monoisotopic (exact) mass is 275 g/mol. The molecule has 100 valence electrons. The summed E-state index contributed by atoms with van der Waals surface area (Å²) in [6.45, 7) is 0. The molecule has 19 heavy (non-hydrogen) atoms. The van der Waals surface area contributed by atoms with Gasteiger partial charge in [-0.3, -0.25) is 0 Å². The van der Waals surface area contributed by atoms with E-state index in [4.69, 9.17) is 10.2 Å². The van der Waals surface area contributed by atoms with E-state index >= 15 is 0 Å². The van der Waals surface area contributed by atoms with Crippen LogP contribution in [0.4, 0.5) is 5.13 Å². The quantitative estimate of drug-likeness (QED) is 0.921. The summed E-state index contributed by atoms with van der Waals surface area (Å²) in [5, 5.41) is 2.51. The lowest BCUT2D eigenvalue weighted by molar-refractivity contribution is 0.363. The zero-order valence-electron chi connectivity index (χ0n) is 10.7. The molecule has 0 spiro atoms. The van der Waals surface area contributed by atoms with Crippen molar-refractivity contribution in [3.63, 3.8) is 0 Å². The van der Waals surface area contributed by atoms with Gasteiger partial charge in [-0.05, 0) is 25.0 Å². The summed E-state index contributed by atoms with van der Waals surface area (Å²) in [5.74, 6) is 1.39. The van der Waals surface area contributed by atoms with Gasteiger partial charge in [-0.1, -0.05) is 19.3 Å². The van der Waals surface area contributed by atoms with Crippen LogP contribution < -0.4 is 5.73 Å². The SMILES string of the molecule is Nc1nc(C=Cc2coc(C3CCCCC3)n2)cs1. The molecule has 2 aromatic rings. The highest BCUT2D eigenvalue weighted by atomic mass is 32.1. The first-order valence-corrected chi connectivity index (χ1v) is 7.54. The summed E-state index contributed by atoms with van der Waals surface area (Å²) in [7, 11) is 0. The number of nitrogen functional groups attached to an aromatic ring is 1. The fraction of sp³-hybridized carbons (Fsp3) is 0.429. The van der Waals surface area contributed by atoms with Crippen LogP contribution in [0.15, 0.2) is 16.1 Å². The van der Waals surface area contributed by atoms with Crippen LogP contribution in [-0.4, -0.2) is 9.97 Å². The van der Waals surface area contributed by atoms with Crippen LogP contribution in [-0.2, 0) is 0 Å². The normalized spacial score (nSPS) is 17.3. The zero-order valence-corrected chi connectivity index (χ0v) is 11.5. The summed E-state index contributed by atoms with van der Waals surface area (Å²) >= 11 is 1.44. The van der Waals surface area contributed by atoms with E-state index < -0.39 is 0 Å². The van der Waals surface area contributed by atoms with Crippen molar-refractivity contribution in [2.45, 2.75) is 38.0 Å². The Morgan fingerprint density at radius 2 is 1.95 bits per heavy atom. The van der Waals surface area contributed by atoms with Crippen LogP contribution >= 0.6 is 11.3 Å². The Morgan fingerprint density at radius 1 is 1.16 bits per heavy atom. The molecule has 2 heterocycles. The molecule has 0 unspecified atom stereocenters. The van der Waals surface area contributed by atoms with Crippen molar-refractivity contribution in [2.75, 3.05) is 5.73 Å². The number of hydrogen-bond acceptors (Lipinski definition) is 5. The molecule has 2 N–H and O–H groups in total. The second-order valence-corrected chi connectivity index (χ2v) is 5.78. The van der Waals surface area contributed by atoms with E-state index in [1.54, 1.807) is 6.26 Å². The van der Waals surface area contributed by atoms with E-state index in [0.29, 0.717) is 11.0 Å². The summed E-state index contributed by atoms with van der Waals surface area (Å²) < 4.78 is 5.59. The summed E-state index contributed by atoms with van der Waals surface area (Å²) in [4.78, 5) is 8.72. The fourth-order valence-corrected chi connectivity index (χ4v) is 2.99. The van der Waals surface area contributed by atoms with E-state index in [9.17, 15) is 0 Å². The van der Waals surface area contributed by atoms with Gasteiger partial charge in [0.2, 0.25) is 0 Å². The molecule has 0 saturated heterocycles. The van der Waals surface area contributed by atoms with Crippen LogP contribution in [0, 0.1) is 0 Å². The largest absolute Gasteiger partial charge is 0.448 e. The van der Waals surface area contributed by atoms with Gasteiger partial charge in [0.15, 0.2) is 11.0 Å². The maximum absolute atomic E-state index is 5.59. The second kappa shape index (κ2) is 5.57. The highest BCUT2D eigenvalue weighted by Gasteiger charge is 2.19. The fourth-order valence-electron chi connectivity index (χ4n) is 2.46. The molecule has 0 bridgehead atoms. The van der Waals surface area contributed by atoms with Crippen LogP contribution in [0.2, 0.25) is 0 Å². The lowest BCUT2D eigenvalue weighted by atomic mass is 9.89. The lowest BCUT2D eigenvalue weighted by Gasteiger charge is -2.17. The van der Waals surface area contributed by atoms with Crippen molar-refractivity contribution in [2.24, 2.45) is 0 Å². The van der Waals surface area contributed by atoms with Gasteiger partial charge in [-0.15, -0.1) is 11.3 Å². The van der Waals surface area contributed by atoms with Gasteiger partial charge in [0.05, 0.1) is 5.69 Å². The van der Waals surface area contributed by atoms with Gasteiger partial charge in [-0.2, -0.15) is 0 Å². The van der Waals surface area contributed by atoms with E-state index in [1.165, 1.54) is 43.4 Å². The molecule has 1 saturated carbocycles. The third kappa shape index (κ3) is 3.04.